The second-order valence-corrected chi connectivity index (χ2v) is 9.79. The molecule has 0 heterocycles. The summed E-state index contributed by atoms with van der Waals surface area (Å²) in [5, 5.41) is 14.1. The van der Waals surface area contributed by atoms with Crippen molar-refractivity contribution in [3.05, 3.63) is 0 Å². The molecular weight excluding hydrogens is 352 g/mol. The minimum atomic E-state index is -0.642. The first-order valence-corrected chi connectivity index (χ1v) is 13.8. The van der Waals surface area contributed by atoms with Crippen LogP contribution >= 0.6 is 0 Å². The van der Waals surface area contributed by atoms with E-state index in [9.17, 15) is 5.11 Å². The Morgan fingerprint density at radius 2 is 0.793 bits per heavy atom. The Morgan fingerprint density at radius 3 is 1.28 bits per heavy atom. The molecule has 2 atom stereocenters. The van der Waals surface area contributed by atoms with E-state index in [-0.39, 0.29) is 0 Å². The lowest BCUT2D eigenvalue weighted by atomic mass is 9.74. The molecule has 0 saturated heterocycles. The lowest BCUT2D eigenvalue weighted by Gasteiger charge is -2.35. The second-order valence-electron chi connectivity index (χ2n) is 9.79. The number of hydrogen-bond donors (Lipinski definition) is 0. The molecule has 1 nitrogen and oxygen atoms in total. The Hall–Kier alpha value is -0.0400. The molecule has 1 heteroatoms. The van der Waals surface area contributed by atoms with E-state index in [0.29, 0.717) is 5.92 Å². The maximum absolute atomic E-state index is 14.1. The van der Waals surface area contributed by atoms with Crippen molar-refractivity contribution in [3.8, 4) is 0 Å². The predicted molar refractivity (Wildman–Crippen MR) is 131 cm³/mol. The topological polar surface area (TPSA) is 19.9 Å². The molecule has 1 radical (unpaired) electrons. The molecule has 0 aromatic carbocycles. The molecule has 0 saturated carbocycles. The van der Waals surface area contributed by atoms with Gasteiger partial charge in [-0.05, 0) is 31.6 Å². The van der Waals surface area contributed by atoms with E-state index in [1.54, 1.807) is 0 Å². The summed E-state index contributed by atoms with van der Waals surface area (Å²) >= 11 is 0. The van der Waals surface area contributed by atoms with Crippen LogP contribution in [0, 0.1) is 5.92 Å². The van der Waals surface area contributed by atoms with Gasteiger partial charge in [-0.1, -0.05) is 143 Å². The Kier molecular flexibility index (Phi) is 21.2. The lowest BCUT2D eigenvalue weighted by Crippen LogP contribution is -2.37. The molecule has 0 aliphatic heterocycles. The van der Waals surface area contributed by atoms with Crippen LogP contribution in [0.4, 0.5) is 0 Å². The molecule has 29 heavy (non-hydrogen) atoms. The van der Waals surface area contributed by atoms with Crippen molar-refractivity contribution in [3.63, 3.8) is 0 Å². The van der Waals surface area contributed by atoms with Crippen LogP contribution in [0.15, 0.2) is 0 Å². The molecule has 0 aliphatic carbocycles. The molecule has 0 aromatic heterocycles. The largest absolute Gasteiger partial charge is 0.229 e. The highest BCUT2D eigenvalue weighted by molar-refractivity contribution is 4.86. The highest BCUT2D eigenvalue weighted by Gasteiger charge is 2.36. The first-order chi connectivity index (χ1) is 14.1. The van der Waals surface area contributed by atoms with Crippen molar-refractivity contribution >= 4 is 0 Å². The molecule has 0 aliphatic rings. The Balaban J connectivity index is 4.67. The van der Waals surface area contributed by atoms with E-state index >= 15 is 0 Å². The minimum Gasteiger partial charge on any atom is -0.229 e. The van der Waals surface area contributed by atoms with Crippen molar-refractivity contribution < 1.29 is 5.11 Å². The smallest absolute Gasteiger partial charge is 0.106 e. The summed E-state index contributed by atoms with van der Waals surface area (Å²) in [6, 6.07) is 0. The van der Waals surface area contributed by atoms with Crippen molar-refractivity contribution in [1.29, 1.82) is 0 Å². The number of hydrogen-bond acceptors (Lipinski definition) is 0. The third-order valence-electron chi connectivity index (χ3n) is 6.96. The molecule has 0 amide bonds. The van der Waals surface area contributed by atoms with E-state index < -0.39 is 5.60 Å². The summed E-state index contributed by atoms with van der Waals surface area (Å²) in [6.07, 6.45) is 27.6. The molecule has 0 spiro atoms. The van der Waals surface area contributed by atoms with Crippen molar-refractivity contribution in [2.45, 2.75) is 175 Å². The summed E-state index contributed by atoms with van der Waals surface area (Å²) in [7, 11) is 0. The van der Waals surface area contributed by atoms with E-state index in [0.717, 1.165) is 19.3 Å². The van der Waals surface area contributed by atoms with Crippen LogP contribution in [-0.4, -0.2) is 5.60 Å². The zero-order valence-corrected chi connectivity index (χ0v) is 21.0. The maximum Gasteiger partial charge on any atom is 0.106 e. The van der Waals surface area contributed by atoms with Crippen molar-refractivity contribution in [2.24, 2.45) is 5.92 Å². The monoisotopic (exact) mass is 409 g/mol. The van der Waals surface area contributed by atoms with Gasteiger partial charge in [0.25, 0.3) is 0 Å². The van der Waals surface area contributed by atoms with Crippen molar-refractivity contribution in [2.75, 3.05) is 0 Å². The van der Waals surface area contributed by atoms with Gasteiger partial charge in [-0.25, -0.2) is 5.11 Å². The first-order valence-electron chi connectivity index (χ1n) is 13.8. The summed E-state index contributed by atoms with van der Waals surface area (Å²) in [4.78, 5) is 0. The Morgan fingerprint density at radius 1 is 0.448 bits per heavy atom. The zero-order chi connectivity index (χ0) is 21.6. The van der Waals surface area contributed by atoms with Gasteiger partial charge in [-0.2, -0.15) is 0 Å². The summed E-state index contributed by atoms with van der Waals surface area (Å²) in [5.74, 6) is 0.424. The highest BCUT2D eigenvalue weighted by atomic mass is 16.3. The van der Waals surface area contributed by atoms with Crippen LogP contribution in [0.3, 0.4) is 0 Å². The molecule has 2 unspecified atom stereocenters. The molecule has 0 N–H and O–H groups in total. The summed E-state index contributed by atoms with van der Waals surface area (Å²) in [5.41, 5.74) is -0.642. The Bertz CT molecular complexity index is 313. The van der Waals surface area contributed by atoms with E-state index in [1.807, 2.05) is 0 Å². The van der Waals surface area contributed by atoms with Gasteiger partial charge in [0, 0.05) is 0 Å². The van der Waals surface area contributed by atoms with Gasteiger partial charge in [0.1, 0.15) is 5.60 Å². The van der Waals surface area contributed by atoms with Crippen LogP contribution in [0.2, 0.25) is 0 Å². The fourth-order valence-corrected chi connectivity index (χ4v) is 4.87. The average Bonchev–Trinajstić information content (AvgIpc) is 2.73. The second kappa shape index (κ2) is 21.2. The van der Waals surface area contributed by atoms with Gasteiger partial charge in [-0.15, -0.1) is 0 Å². The van der Waals surface area contributed by atoms with Crippen LogP contribution < -0.4 is 0 Å². The summed E-state index contributed by atoms with van der Waals surface area (Å²) < 4.78 is 0. The quantitative estimate of drug-likeness (QED) is 0.149. The van der Waals surface area contributed by atoms with E-state index in [2.05, 4.69) is 27.7 Å². The van der Waals surface area contributed by atoms with Crippen molar-refractivity contribution in [1.82, 2.24) is 0 Å². The predicted octanol–water partition coefficient (Wildman–Crippen LogP) is 10.4. The number of unbranched alkanes of at least 4 members (excludes halogenated alkanes) is 14. The van der Waals surface area contributed by atoms with Crippen LogP contribution in [0.5, 0.6) is 0 Å². The third kappa shape index (κ3) is 16.3. The lowest BCUT2D eigenvalue weighted by molar-refractivity contribution is -0.0996. The first kappa shape index (κ1) is 29.0. The van der Waals surface area contributed by atoms with Gasteiger partial charge >= 0.3 is 0 Å². The molecular formula is C28H57O. The molecule has 0 bridgehead atoms. The number of rotatable bonds is 23. The molecule has 0 fully saturated rings. The van der Waals surface area contributed by atoms with Gasteiger partial charge in [-0.3, -0.25) is 0 Å². The fourth-order valence-electron chi connectivity index (χ4n) is 4.87. The normalized spacial score (nSPS) is 14.8. The fraction of sp³-hybridized carbons (Fsp3) is 1.00. The van der Waals surface area contributed by atoms with Gasteiger partial charge in [0.2, 0.25) is 0 Å². The summed E-state index contributed by atoms with van der Waals surface area (Å²) in [6.45, 7) is 9.09. The maximum atomic E-state index is 14.1. The van der Waals surface area contributed by atoms with E-state index in [4.69, 9.17) is 0 Å². The third-order valence-corrected chi connectivity index (χ3v) is 6.96. The Labute approximate surface area is 185 Å². The van der Waals surface area contributed by atoms with E-state index in [1.165, 1.54) is 122 Å². The van der Waals surface area contributed by atoms with Gasteiger partial charge in [0.05, 0.1) is 0 Å². The molecule has 0 rings (SSSR count). The van der Waals surface area contributed by atoms with Crippen LogP contribution in [0.1, 0.15) is 169 Å². The highest BCUT2D eigenvalue weighted by Crippen LogP contribution is 2.37. The van der Waals surface area contributed by atoms with Gasteiger partial charge in [0.15, 0.2) is 0 Å². The molecule has 175 valence electrons. The standard InChI is InChI=1S/C28H57O/c1-5-9-13-16-18-21-24-27(23-20-15-11-7-3)28(29,25-12-8-4)26-22-19-17-14-10-6-2/h27H,5-26H2,1-4H3. The zero-order valence-electron chi connectivity index (χ0n) is 21.0. The van der Waals surface area contributed by atoms with Crippen LogP contribution in [-0.2, 0) is 5.11 Å². The molecule has 0 aromatic rings. The average molecular weight is 410 g/mol. The minimum absolute atomic E-state index is 0.424. The SMILES string of the molecule is CCCCCCCCC(CCCCCC)C([O])(CCCC)CCCCCCCC. The van der Waals surface area contributed by atoms with Crippen LogP contribution in [0.25, 0.3) is 0 Å². The van der Waals surface area contributed by atoms with Gasteiger partial charge < -0.3 is 0 Å².